The molecule has 0 aliphatic rings. The Kier molecular flexibility index (Phi) is 62.5. The van der Waals surface area contributed by atoms with Gasteiger partial charge < -0.3 is 28.5 Å². The molecule has 0 aliphatic heterocycles. The molecule has 0 bridgehead atoms. The fourth-order valence-corrected chi connectivity index (χ4v) is 8.80. The molecule has 0 aromatic carbocycles. The fraction of sp³-hybridized carbons (Fsp3) is 0.603. The van der Waals surface area contributed by atoms with Gasteiger partial charge in [-0.15, -0.1) is 0 Å². The zero-order chi connectivity index (χ0) is 63.3. The molecule has 0 amide bonds. The number of esters is 2. The minimum atomic E-state index is -1.53. The molecular weight excluding hydrogens is 1080 g/mol. The van der Waals surface area contributed by atoms with Crippen molar-refractivity contribution < 1.29 is 42.9 Å². The quantitative estimate of drug-likeness (QED) is 0.0211. The van der Waals surface area contributed by atoms with Crippen molar-refractivity contribution in [3.05, 3.63) is 170 Å². The molecular formula is C78H126NO8+. The van der Waals surface area contributed by atoms with Gasteiger partial charge in [-0.2, -0.15) is 0 Å². The van der Waals surface area contributed by atoms with Crippen LogP contribution in [0.4, 0.5) is 0 Å². The lowest BCUT2D eigenvalue weighted by Crippen LogP contribution is -2.40. The monoisotopic (exact) mass is 1200 g/mol. The van der Waals surface area contributed by atoms with Gasteiger partial charge in [0.1, 0.15) is 13.2 Å². The average Bonchev–Trinajstić information content (AvgIpc) is 3.55. The molecule has 1 N–H and O–H groups in total. The van der Waals surface area contributed by atoms with Gasteiger partial charge in [-0.1, -0.05) is 274 Å². The summed E-state index contributed by atoms with van der Waals surface area (Å²) in [7, 11) is 5.96. The second-order valence-corrected chi connectivity index (χ2v) is 23.4. The largest absolute Gasteiger partial charge is 0.477 e. The fourth-order valence-electron chi connectivity index (χ4n) is 8.80. The van der Waals surface area contributed by atoms with Crippen molar-refractivity contribution in [2.45, 2.75) is 257 Å². The van der Waals surface area contributed by atoms with E-state index in [0.717, 1.165) is 141 Å². The van der Waals surface area contributed by atoms with Gasteiger partial charge in [-0.05, 0) is 128 Å². The Labute approximate surface area is 533 Å². The van der Waals surface area contributed by atoms with Gasteiger partial charge in [0.05, 0.1) is 34.4 Å². The van der Waals surface area contributed by atoms with Crippen molar-refractivity contribution in [2.75, 3.05) is 47.5 Å². The molecule has 2 atom stereocenters. The number of carboxylic acid groups (broad SMARTS) is 1. The average molecular weight is 1210 g/mol. The van der Waals surface area contributed by atoms with Gasteiger partial charge in [0, 0.05) is 12.8 Å². The number of aliphatic carboxylic acids is 1. The molecule has 0 aromatic rings. The predicted molar refractivity (Wildman–Crippen MR) is 373 cm³/mol. The van der Waals surface area contributed by atoms with Crippen LogP contribution in [0.25, 0.3) is 0 Å². The third kappa shape index (κ3) is 68.0. The van der Waals surface area contributed by atoms with Crippen LogP contribution in [0.5, 0.6) is 0 Å². The first-order chi connectivity index (χ1) is 42.6. The number of unbranched alkanes of at least 4 members (excludes halogenated alkanes) is 18. The van der Waals surface area contributed by atoms with Gasteiger partial charge in [0.15, 0.2) is 6.10 Å². The number of carboxylic acids is 1. The Morgan fingerprint density at radius 1 is 0.345 bits per heavy atom. The number of hydrogen-bond donors (Lipinski definition) is 1. The Morgan fingerprint density at radius 3 is 0.920 bits per heavy atom. The highest BCUT2D eigenvalue weighted by atomic mass is 16.7. The maximum atomic E-state index is 12.9. The van der Waals surface area contributed by atoms with Gasteiger partial charge in [-0.25, -0.2) is 4.79 Å². The molecule has 9 heteroatoms. The molecule has 0 heterocycles. The summed E-state index contributed by atoms with van der Waals surface area (Å²) in [6.07, 6.45) is 97.3. The molecule has 87 heavy (non-hydrogen) atoms. The van der Waals surface area contributed by atoms with Crippen molar-refractivity contribution >= 4 is 17.9 Å². The van der Waals surface area contributed by atoms with Crippen molar-refractivity contribution in [3.63, 3.8) is 0 Å². The standard InChI is InChI=1S/C78H125NO8/c1-6-8-10-12-14-16-18-20-22-24-26-28-30-31-32-33-34-35-36-37-38-39-40-41-42-43-44-45-47-49-51-53-55-57-59-61-63-65-67-69-76(81)87-74(73-86-78(77(82)83)84-71-70-79(3,4)5)72-85-75(80)68-66-64-62-60-58-56-54-52-50-48-46-29-27-25-23-21-19-17-15-13-11-9-7-2/h8-11,14-17,20-23,26-29,31-32,34-35,37-38,40-41,43-44,47,49,74,78H,6-7,12-13,18-19,24-25,30,33,36,39,42,45-46,48,50-73H2,1-5H3/p+1/b10-8-,11-9-,16-14-,17-15-,22-20-,23-21-,28-26-,29-27-,32-31-,35-34-,38-37-,41-40-,44-43-,49-47-. The molecule has 0 aliphatic carbocycles. The second-order valence-electron chi connectivity index (χ2n) is 23.4. The second kappa shape index (κ2) is 66.6. The maximum Gasteiger partial charge on any atom is 0.361 e. The number of allylic oxidation sites excluding steroid dienone is 28. The molecule has 0 rings (SSSR count). The van der Waals surface area contributed by atoms with Crippen molar-refractivity contribution in [3.8, 4) is 0 Å². The number of quaternary nitrogens is 1. The van der Waals surface area contributed by atoms with E-state index >= 15 is 0 Å². The molecule has 0 aromatic heterocycles. The number of rotatable bonds is 61. The van der Waals surface area contributed by atoms with E-state index in [0.29, 0.717) is 17.4 Å². The van der Waals surface area contributed by atoms with Crippen LogP contribution in [0, 0.1) is 0 Å². The summed E-state index contributed by atoms with van der Waals surface area (Å²) in [6, 6.07) is 0. The molecule has 2 unspecified atom stereocenters. The van der Waals surface area contributed by atoms with E-state index in [1.54, 1.807) is 0 Å². The Morgan fingerprint density at radius 2 is 0.621 bits per heavy atom. The summed E-state index contributed by atoms with van der Waals surface area (Å²) in [6.45, 7) is 4.62. The molecule has 0 saturated heterocycles. The van der Waals surface area contributed by atoms with Crippen LogP contribution in [0.3, 0.4) is 0 Å². The molecule has 9 nitrogen and oxygen atoms in total. The SMILES string of the molecule is CC/C=C\C/C=C\C/C=C\C/C=C\C/C=C\C/C=C\C/C=C\C/C=C\C/C=C\C/C=C\CCCCCCCCCCC(=O)OC(COC(=O)CCCCCCCCCCCC/C=C\C/C=C\C/C=C\C/C=C\CC)COC(OCC[N+](C)(C)C)C(=O)O. The first-order valence-corrected chi connectivity index (χ1v) is 34.3. The van der Waals surface area contributed by atoms with Crippen LogP contribution in [0.15, 0.2) is 170 Å². The molecule has 0 fully saturated rings. The van der Waals surface area contributed by atoms with E-state index in [1.165, 1.54) is 70.6 Å². The van der Waals surface area contributed by atoms with Crippen LogP contribution in [-0.4, -0.2) is 87.4 Å². The minimum Gasteiger partial charge on any atom is -0.477 e. The third-order valence-corrected chi connectivity index (χ3v) is 14.0. The number of carbonyl (C=O) groups is 3. The molecule has 0 radical (unpaired) electrons. The molecule has 0 spiro atoms. The highest BCUT2D eigenvalue weighted by Gasteiger charge is 2.25. The van der Waals surface area contributed by atoms with Gasteiger partial charge >= 0.3 is 17.9 Å². The molecule has 490 valence electrons. The lowest BCUT2D eigenvalue weighted by atomic mass is 10.1. The predicted octanol–water partition coefficient (Wildman–Crippen LogP) is 21.5. The Balaban J connectivity index is 4.21. The number of hydrogen-bond acceptors (Lipinski definition) is 7. The summed E-state index contributed by atoms with van der Waals surface area (Å²) < 4.78 is 22.9. The van der Waals surface area contributed by atoms with Gasteiger partial charge in [-0.3, -0.25) is 9.59 Å². The highest BCUT2D eigenvalue weighted by molar-refractivity contribution is 5.71. The maximum absolute atomic E-state index is 12.9. The summed E-state index contributed by atoms with van der Waals surface area (Å²) >= 11 is 0. The van der Waals surface area contributed by atoms with E-state index in [1.807, 2.05) is 21.1 Å². The number of nitrogens with zero attached hydrogens (tertiary/aromatic N) is 1. The lowest BCUT2D eigenvalue weighted by Gasteiger charge is -2.25. The van der Waals surface area contributed by atoms with Crippen molar-refractivity contribution in [1.29, 1.82) is 0 Å². The van der Waals surface area contributed by atoms with E-state index < -0.39 is 24.3 Å². The molecule has 0 saturated carbocycles. The number of ether oxygens (including phenoxy) is 4. The van der Waals surface area contributed by atoms with Crippen LogP contribution in [0.2, 0.25) is 0 Å². The normalized spacial score (nSPS) is 13.8. The van der Waals surface area contributed by atoms with Crippen LogP contribution < -0.4 is 0 Å². The summed E-state index contributed by atoms with van der Waals surface area (Å²) in [5.74, 6) is -2.04. The van der Waals surface area contributed by atoms with E-state index in [4.69, 9.17) is 18.9 Å². The van der Waals surface area contributed by atoms with Crippen LogP contribution in [-0.2, 0) is 33.3 Å². The van der Waals surface area contributed by atoms with E-state index in [2.05, 4.69) is 184 Å². The van der Waals surface area contributed by atoms with E-state index in [-0.39, 0.29) is 38.6 Å². The van der Waals surface area contributed by atoms with Crippen molar-refractivity contribution in [2.24, 2.45) is 0 Å². The Hall–Kier alpha value is -5.35. The first-order valence-electron chi connectivity index (χ1n) is 34.3. The van der Waals surface area contributed by atoms with Crippen molar-refractivity contribution in [1.82, 2.24) is 0 Å². The number of carbonyl (C=O) groups excluding carboxylic acids is 2. The van der Waals surface area contributed by atoms with Gasteiger partial charge in [0.2, 0.25) is 0 Å². The van der Waals surface area contributed by atoms with Crippen LogP contribution in [0.1, 0.15) is 245 Å². The lowest BCUT2D eigenvalue weighted by molar-refractivity contribution is -0.870. The zero-order valence-electron chi connectivity index (χ0n) is 55.9. The highest BCUT2D eigenvalue weighted by Crippen LogP contribution is 2.15. The third-order valence-electron chi connectivity index (χ3n) is 14.0. The smallest absolute Gasteiger partial charge is 0.361 e. The topological polar surface area (TPSA) is 108 Å². The van der Waals surface area contributed by atoms with E-state index in [9.17, 15) is 19.5 Å². The zero-order valence-corrected chi connectivity index (χ0v) is 55.9. The Bertz CT molecular complexity index is 2030. The van der Waals surface area contributed by atoms with Crippen LogP contribution >= 0.6 is 0 Å². The minimum absolute atomic E-state index is 0.176. The summed E-state index contributed by atoms with van der Waals surface area (Å²) in [5, 5.41) is 9.74. The number of likely N-dealkylation sites (N-methyl/N-ethyl adjacent to an activating group) is 1. The summed E-state index contributed by atoms with van der Waals surface area (Å²) in [4.78, 5) is 37.6. The summed E-state index contributed by atoms with van der Waals surface area (Å²) in [5.41, 5.74) is 0. The first kappa shape index (κ1) is 81.7. The van der Waals surface area contributed by atoms with Gasteiger partial charge in [0.25, 0.3) is 6.29 Å².